The highest BCUT2D eigenvalue weighted by Crippen LogP contribution is 2.07. The highest BCUT2D eigenvalue weighted by Gasteiger charge is 2.16. The van der Waals surface area contributed by atoms with Crippen molar-refractivity contribution in [3.63, 3.8) is 0 Å². The first-order valence-electron chi connectivity index (χ1n) is 5.60. The first-order chi connectivity index (χ1) is 8.90. The minimum atomic E-state index is -0.637. The zero-order valence-corrected chi connectivity index (χ0v) is 13.3. The first kappa shape index (κ1) is 16.0. The second kappa shape index (κ2) is 6.95. The number of hydrogen-bond donors (Lipinski definition) is 0. The van der Waals surface area contributed by atoms with Gasteiger partial charge in [0.2, 0.25) is 0 Å². The summed E-state index contributed by atoms with van der Waals surface area (Å²) in [6, 6.07) is 0. The largest absolute Gasteiger partial charge is 0.364 e. The Morgan fingerprint density at radius 1 is 1.42 bits per heavy atom. The lowest BCUT2D eigenvalue weighted by Crippen LogP contribution is -2.45. The van der Waals surface area contributed by atoms with Crippen LogP contribution in [0.5, 0.6) is 0 Å². The van der Waals surface area contributed by atoms with Crippen molar-refractivity contribution in [3.05, 3.63) is 31.0 Å². The zero-order chi connectivity index (χ0) is 14.6. The number of carbonyl (C=O) groups is 1. The molecule has 0 aliphatic heterocycles. The van der Waals surface area contributed by atoms with Crippen LogP contribution in [0.4, 0.5) is 0 Å². The van der Waals surface area contributed by atoms with Crippen molar-refractivity contribution >= 4 is 33.7 Å². The fraction of sp³-hybridized carbons (Fsp3) is 0.545. The van der Waals surface area contributed by atoms with E-state index in [4.69, 9.17) is 4.84 Å². The summed E-state index contributed by atoms with van der Waals surface area (Å²) in [5.41, 5.74) is -0.777. The van der Waals surface area contributed by atoms with Crippen molar-refractivity contribution in [1.29, 1.82) is 0 Å². The molecule has 0 unspecified atom stereocenters. The molecule has 0 saturated carbocycles. The van der Waals surface area contributed by atoms with Gasteiger partial charge in [-0.25, -0.2) is 9.59 Å². The van der Waals surface area contributed by atoms with Crippen molar-refractivity contribution in [3.8, 4) is 0 Å². The fourth-order valence-electron chi connectivity index (χ4n) is 1.50. The maximum atomic E-state index is 12.1. The van der Waals surface area contributed by atoms with Crippen molar-refractivity contribution in [2.24, 2.45) is 0 Å². The van der Waals surface area contributed by atoms with E-state index in [0.29, 0.717) is 13.0 Å². The van der Waals surface area contributed by atoms with E-state index in [1.165, 1.54) is 13.8 Å². The summed E-state index contributed by atoms with van der Waals surface area (Å²) in [6.07, 6.45) is 2.64. The zero-order valence-electron chi connectivity index (χ0n) is 10.9. The van der Waals surface area contributed by atoms with Gasteiger partial charge in [0.1, 0.15) is 4.47 Å². The van der Waals surface area contributed by atoms with Gasteiger partial charge in [-0.1, -0.05) is 0 Å². The minimum Gasteiger partial charge on any atom is -0.332 e. The molecule has 0 atom stereocenters. The number of rotatable bonds is 5. The van der Waals surface area contributed by atoms with Gasteiger partial charge in [0.25, 0.3) is 5.56 Å². The maximum Gasteiger partial charge on any atom is 0.364 e. The Kier molecular flexibility index (Phi) is 5.86. The van der Waals surface area contributed by atoms with E-state index in [-0.39, 0.29) is 10.2 Å². The molecule has 0 saturated heterocycles. The van der Waals surface area contributed by atoms with Crippen molar-refractivity contribution in [2.45, 2.75) is 26.8 Å². The second-order valence-electron chi connectivity index (χ2n) is 3.86. The Hall–Kier alpha value is -1.02. The quantitative estimate of drug-likeness (QED) is 0.735. The third-order valence-electron chi connectivity index (χ3n) is 2.41. The third-order valence-corrected chi connectivity index (χ3v) is 4.02. The molecule has 0 spiro atoms. The van der Waals surface area contributed by atoms with E-state index < -0.39 is 17.2 Å². The van der Waals surface area contributed by atoms with Crippen LogP contribution in [0.1, 0.15) is 19.0 Å². The van der Waals surface area contributed by atoms with E-state index in [0.717, 1.165) is 15.1 Å². The Labute approximate surface area is 122 Å². The summed E-state index contributed by atoms with van der Waals surface area (Å²) in [7, 11) is 0. The molecule has 1 aromatic rings. The standard InChI is InChI=1S/C11H15BrN2O4S/c1-7-9(12)10(16)13(5-4-6-19-3)11(17)14(7)18-8(2)15/h4-6H2,1-3H3. The number of nitrogens with zero attached hydrogens (tertiary/aromatic N) is 2. The molecule has 0 aliphatic rings. The average Bonchev–Trinajstić information content (AvgIpc) is 2.36. The van der Waals surface area contributed by atoms with Gasteiger partial charge >= 0.3 is 11.7 Å². The molecule has 1 heterocycles. The Balaban J connectivity index is 3.31. The molecule has 0 N–H and O–H groups in total. The van der Waals surface area contributed by atoms with Crippen LogP contribution in [0.2, 0.25) is 0 Å². The van der Waals surface area contributed by atoms with Gasteiger partial charge in [-0.15, -0.1) is 4.73 Å². The molecule has 19 heavy (non-hydrogen) atoms. The fourth-order valence-corrected chi connectivity index (χ4v) is 2.30. The predicted octanol–water partition coefficient (Wildman–Crippen LogP) is 0.809. The Morgan fingerprint density at radius 2 is 2.05 bits per heavy atom. The van der Waals surface area contributed by atoms with E-state index in [1.807, 2.05) is 6.26 Å². The number of hydrogen-bond acceptors (Lipinski definition) is 5. The van der Waals surface area contributed by atoms with E-state index >= 15 is 0 Å². The van der Waals surface area contributed by atoms with Crippen LogP contribution in [0.15, 0.2) is 14.1 Å². The molecular formula is C11H15BrN2O4S. The molecule has 8 heteroatoms. The van der Waals surface area contributed by atoms with Crippen molar-refractivity contribution in [2.75, 3.05) is 12.0 Å². The third kappa shape index (κ3) is 3.73. The first-order valence-corrected chi connectivity index (χ1v) is 7.78. The number of halogens is 1. The second-order valence-corrected chi connectivity index (χ2v) is 5.64. The topological polar surface area (TPSA) is 70.3 Å². The lowest BCUT2D eigenvalue weighted by molar-refractivity contribution is -0.142. The van der Waals surface area contributed by atoms with Gasteiger partial charge in [-0.2, -0.15) is 11.8 Å². The monoisotopic (exact) mass is 350 g/mol. The summed E-state index contributed by atoms with van der Waals surface area (Å²) in [5.74, 6) is 0.219. The van der Waals surface area contributed by atoms with E-state index in [1.54, 1.807) is 11.8 Å². The Bertz CT molecular complexity index is 594. The van der Waals surface area contributed by atoms with Crippen LogP contribution in [0.25, 0.3) is 0 Å². The summed E-state index contributed by atoms with van der Waals surface area (Å²) in [6.45, 7) is 3.02. The molecule has 0 amide bonds. The van der Waals surface area contributed by atoms with Crippen LogP contribution in [0.3, 0.4) is 0 Å². The van der Waals surface area contributed by atoms with Crippen LogP contribution in [-0.4, -0.2) is 27.3 Å². The SMILES string of the molecule is CSCCCn1c(=O)c(Br)c(C)n(OC(C)=O)c1=O. The average molecular weight is 351 g/mol. The molecule has 1 rings (SSSR count). The normalized spacial score (nSPS) is 10.5. The summed E-state index contributed by atoms with van der Waals surface area (Å²) in [5, 5.41) is 0. The maximum absolute atomic E-state index is 12.1. The molecule has 0 radical (unpaired) electrons. The van der Waals surface area contributed by atoms with Gasteiger partial charge < -0.3 is 4.84 Å². The molecule has 1 aromatic heterocycles. The molecule has 0 bridgehead atoms. The molecular weight excluding hydrogens is 336 g/mol. The molecule has 0 aliphatic carbocycles. The molecule has 0 fully saturated rings. The molecule has 0 aromatic carbocycles. The molecule has 106 valence electrons. The van der Waals surface area contributed by atoms with Gasteiger partial charge in [-0.3, -0.25) is 9.36 Å². The van der Waals surface area contributed by atoms with Crippen LogP contribution in [-0.2, 0) is 11.3 Å². The number of thioether (sulfide) groups is 1. The van der Waals surface area contributed by atoms with Crippen molar-refractivity contribution < 1.29 is 9.63 Å². The van der Waals surface area contributed by atoms with Crippen LogP contribution in [0, 0.1) is 6.92 Å². The minimum absolute atomic E-state index is 0.220. The highest BCUT2D eigenvalue weighted by molar-refractivity contribution is 9.10. The van der Waals surface area contributed by atoms with E-state index in [2.05, 4.69) is 15.9 Å². The lowest BCUT2D eigenvalue weighted by Gasteiger charge is -2.13. The van der Waals surface area contributed by atoms with Gasteiger partial charge in [-0.05, 0) is 41.3 Å². The van der Waals surface area contributed by atoms with Crippen LogP contribution >= 0.6 is 27.7 Å². The Morgan fingerprint density at radius 3 is 2.58 bits per heavy atom. The summed E-state index contributed by atoms with van der Waals surface area (Å²) in [4.78, 5) is 39.9. The molecule has 6 nitrogen and oxygen atoms in total. The van der Waals surface area contributed by atoms with Crippen molar-refractivity contribution in [1.82, 2.24) is 9.30 Å². The van der Waals surface area contributed by atoms with Gasteiger partial charge in [0.15, 0.2) is 0 Å². The summed E-state index contributed by atoms with van der Waals surface area (Å²) < 4.78 is 2.13. The summed E-state index contributed by atoms with van der Waals surface area (Å²) >= 11 is 4.76. The highest BCUT2D eigenvalue weighted by atomic mass is 79.9. The lowest BCUT2D eigenvalue weighted by atomic mass is 10.4. The van der Waals surface area contributed by atoms with Crippen LogP contribution < -0.4 is 16.1 Å². The number of aromatic nitrogens is 2. The number of carbonyl (C=O) groups excluding carboxylic acids is 1. The predicted molar refractivity (Wildman–Crippen MR) is 77.7 cm³/mol. The van der Waals surface area contributed by atoms with Gasteiger partial charge in [0, 0.05) is 13.5 Å². The smallest absolute Gasteiger partial charge is 0.332 e. The van der Waals surface area contributed by atoms with E-state index in [9.17, 15) is 14.4 Å². The van der Waals surface area contributed by atoms with Gasteiger partial charge in [0.05, 0.1) is 5.69 Å².